The fourth-order valence-corrected chi connectivity index (χ4v) is 8.98. The molecule has 1 saturated heterocycles. The Kier molecular flexibility index (Phi) is 9.56. The lowest BCUT2D eigenvalue weighted by Gasteiger charge is -2.62. The van der Waals surface area contributed by atoms with Crippen LogP contribution in [0.15, 0.2) is 5.16 Å². The molecule has 1 aliphatic heterocycles. The quantitative estimate of drug-likeness (QED) is 0.271. The highest BCUT2D eigenvalue weighted by molar-refractivity contribution is 5.93. The van der Waals surface area contributed by atoms with E-state index in [0.29, 0.717) is 19.4 Å². The minimum absolute atomic E-state index is 0.00960. The van der Waals surface area contributed by atoms with Crippen LogP contribution in [-0.2, 0) is 28.6 Å². The molecule has 0 aromatic carbocycles. The average Bonchev–Trinajstić information content (AvgIpc) is 3.28. The number of carbonyl (C=O) groups is 3. The van der Waals surface area contributed by atoms with E-state index in [0.717, 1.165) is 32.2 Å². The molecule has 2 amide bonds. The molecule has 232 valence electrons. The number of methoxy groups -OCH3 is 1. The Hall–Kier alpha value is -2.04. The first-order valence-electron chi connectivity index (χ1n) is 15.2. The Morgan fingerprint density at radius 2 is 1.88 bits per heavy atom. The highest BCUT2D eigenvalue weighted by Crippen LogP contribution is 2.68. The normalized spacial score (nSPS) is 43.2. The van der Waals surface area contributed by atoms with Crippen molar-refractivity contribution < 1.29 is 33.4 Å². The maximum Gasteiger partial charge on any atom is 0.414 e. The van der Waals surface area contributed by atoms with E-state index in [1.54, 1.807) is 13.3 Å². The van der Waals surface area contributed by atoms with Crippen molar-refractivity contribution in [2.24, 2.45) is 51.0 Å². The number of nitrogens with zero attached hydrogens (tertiary/aromatic N) is 2. The van der Waals surface area contributed by atoms with Crippen LogP contribution < -0.4 is 5.32 Å². The molecule has 3 aliphatic carbocycles. The lowest BCUT2D eigenvalue weighted by Crippen LogP contribution is -2.64. The zero-order chi connectivity index (χ0) is 30.2. The topological polar surface area (TPSA) is 116 Å². The molecule has 3 saturated carbocycles. The van der Waals surface area contributed by atoms with Crippen molar-refractivity contribution in [2.45, 2.75) is 85.4 Å². The molecule has 10 atom stereocenters. The lowest BCUT2D eigenvalue weighted by atomic mass is 9.44. The van der Waals surface area contributed by atoms with E-state index in [-0.39, 0.29) is 59.6 Å². The SMILES string of the molecule is COCO[C@H]1[C@H](C)C23CCC(=O)C2[C@@](C)([C@H](C)CC3)[C@H](OC(=O)NC(=O)[C@H]2CN(C)CC[C@@H]2C)C[C@@]1(C)C=NOC. The van der Waals surface area contributed by atoms with Crippen LogP contribution >= 0.6 is 0 Å². The molecule has 41 heavy (non-hydrogen) atoms. The molecular weight excluding hydrogens is 526 g/mol. The predicted octanol–water partition coefficient (Wildman–Crippen LogP) is 4.26. The third kappa shape index (κ3) is 5.68. The summed E-state index contributed by atoms with van der Waals surface area (Å²) in [6.07, 6.45) is 4.28. The van der Waals surface area contributed by atoms with E-state index in [1.807, 2.05) is 14.0 Å². The average molecular weight is 578 g/mol. The number of oxime groups is 1. The second kappa shape index (κ2) is 12.3. The van der Waals surface area contributed by atoms with E-state index in [9.17, 15) is 14.4 Å². The number of amides is 2. The number of nitrogens with one attached hydrogen (secondary N) is 1. The number of piperidine rings is 1. The number of hydrogen-bond acceptors (Lipinski definition) is 9. The van der Waals surface area contributed by atoms with Gasteiger partial charge in [0, 0.05) is 36.8 Å². The first-order chi connectivity index (χ1) is 19.3. The molecule has 4 fully saturated rings. The summed E-state index contributed by atoms with van der Waals surface area (Å²) < 4.78 is 18.0. The molecule has 1 N–H and O–H groups in total. The lowest BCUT2D eigenvalue weighted by molar-refractivity contribution is -0.210. The Morgan fingerprint density at radius 3 is 2.56 bits per heavy atom. The molecule has 0 aromatic heterocycles. The van der Waals surface area contributed by atoms with Crippen molar-refractivity contribution >= 4 is 24.0 Å². The number of alkyl carbamates (subject to hydrolysis) is 1. The maximum atomic E-state index is 13.8. The van der Waals surface area contributed by atoms with Crippen LogP contribution in [0.4, 0.5) is 4.79 Å². The predicted molar refractivity (Wildman–Crippen MR) is 154 cm³/mol. The van der Waals surface area contributed by atoms with Gasteiger partial charge in [-0.25, -0.2) is 4.79 Å². The zero-order valence-corrected chi connectivity index (χ0v) is 26.2. The molecule has 2 unspecified atom stereocenters. The van der Waals surface area contributed by atoms with Gasteiger partial charge in [0.1, 0.15) is 25.8 Å². The van der Waals surface area contributed by atoms with Crippen molar-refractivity contribution in [2.75, 3.05) is 41.1 Å². The summed E-state index contributed by atoms with van der Waals surface area (Å²) >= 11 is 0. The molecular formula is C31H51N3O7. The van der Waals surface area contributed by atoms with Crippen molar-refractivity contribution in [1.29, 1.82) is 0 Å². The third-order valence-corrected chi connectivity index (χ3v) is 11.6. The number of ether oxygens (including phenoxy) is 3. The van der Waals surface area contributed by atoms with E-state index in [1.165, 1.54) is 7.11 Å². The van der Waals surface area contributed by atoms with Crippen molar-refractivity contribution in [3.05, 3.63) is 0 Å². The molecule has 4 aliphatic rings. The van der Waals surface area contributed by atoms with E-state index >= 15 is 0 Å². The van der Waals surface area contributed by atoms with Gasteiger partial charge in [-0.3, -0.25) is 14.9 Å². The van der Waals surface area contributed by atoms with Gasteiger partial charge in [-0.05, 0) is 68.9 Å². The summed E-state index contributed by atoms with van der Waals surface area (Å²) in [5.41, 5.74) is -1.66. The standard InChI is InChI=1S/C31H51N3O7/c1-19-11-14-34(6)16-22(19)27(36)33-28(37)41-24-15-29(4,17-32-39-8)26(40-18-38-7)21(3)31-12-9-20(2)30(24,5)25(31)23(35)10-13-31/h17,19-22,24-26H,9-16,18H2,1-8H3,(H,33,36,37)/t19-,20+,21-,22-,24+,25?,26-,29-,30-,31?/m0/s1. The van der Waals surface area contributed by atoms with Crippen molar-refractivity contribution in [3.8, 4) is 0 Å². The smallest absolute Gasteiger partial charge is 0.414 e. The van der Waals surface area contributed by atoms with Gasteiger partial charge in [-0.15, -0.1) is 0 Å². The fraction of sp³-hybridized carbons (Fsp3) is 0.871. The highest BCUT2D eigenvalue weighted by atomic mass is 16.7. The molecule has 0 radical (unpaired) electrons. The summed E-state index contributed by atoms with van der Waals surface area (Å²) in [5, 5.41) is 6.74. The van der Waals surface area contributed by atoms with Crippen LogP contribution in [0.3, 0.4) is 0 Å². The summed E-state index contributed by atoms with van der Waals surface area (Å²) in [5.74, 6) is -0.362. The number of imide groups is 1. The molecule has 0 aromatic rings. The minimum Gasteiger partial charge on any atom is -0.445 e. The molecule has 2 bridgehead atoms. The third-order valence-electron chi connectivity index (χ3n) is 11.6. The monoisotopic (exact) mass is 577 g/mol. The van der Waals surface area contributed by atoms with Crippen LogP contribution in [-0.4, -0.2) is 82.3 Å². The summed E-state index contributed by atoms with van der Waals surface area (Å²) in [6, 6.07) is 0. The Balaban J connectivity index is 1.73. The van der Waals surface area contributed by atoms with Gasteiger partial charge in [-0.2, -0.15) is 0 Å². The summed E-state index contributed by atoms with van der Waals surface area (Å²) in [7, 11) is 5.07. The second-order valence-electron chi connectivity index (χ2n) is 13.9. The Bertz CT molecular complexity index is 1020. The summed E-state index contributed by atoms with van der Waals surface area (Å²) in [4.78, 5) is 47.8. The number of ketones is 1. The first kappa shape index (κ1) is 31.9. The largest absolute Gasteiger partial charge is 0.445 e. The summed E-state index contributed by atoms with van der Waals surface area (Å²) in [6.45, 7) is 12.2. The molecule has 4 rings (SSSR count). The van der Waals surface area contributed by atoms with Crippen LogP contribution in [0.1, 0.15) is 73.1 Å². The zero-order valence-electron chi connectivity index (χ0n) is 26.2. The van der Waals surface area contributed by atoms with Crippen molar-refractivity contribution in [1.82, 2.24) is 10.2 Å². The Morgan fingerprint density at radius 1 is 1.15 bits per heavy atom. The fourth-order valence-electron chi connectivity index (χ4n) is 8.98. The molecule has 0 spiro atoms. The van der Waals surface area contributed by atoms with E-state index in [4.69, 9.17) is 19.0 Å². The van der Waals surface area contributed by atoms with Crippen LogP contribution in [0.2, 0.25) is 0 Å². The minimum atomic E-state index is -0.760. The molecule has 10 nitrogen and oxygen atoms in total. The first-order valence-corrected chi connectivity index (χ1v) is 15.2. The van der Waals surface area contributed by atoms with Crippen LogP contribution in [0.5, 0.6) is 0 Å². The van der Waals surface area contributed by atoms with Gasteiger partial charge >= 0.3 is 6.09 Å². The Labute approximate surface area is 245 Å². The number of carbonyl (C=O) groups excluding carboxylic acids is 3. The van der Waals surface area contributed by atoms with Gasteiger partial charge in [0.05, 0.1) is 18.2 Å². The highest BCUT2D eigenvalue weighted by Gasteiger charge is 2.68. The van der Waals surface area contributed by atoms with Gasteiger partial charge in [0.15, 0.2) is 0 Å². The van der Waals surface area contributed by atoms with Gasteiger partial charge < -0.3 is 23.9 Å². The van der Waals surface area contributed by atoms with Crippen molar-refractivity contribution in [3.63, 3.8) is 0 Å². The van der Waals surface area contributed by atoms with Gasteiger partial charge in [0.2, 0.25) is 5.91 Å². The van der Waals surface area contributed by atoms with Crippen LogP contribution in [0, 0.1) is 45.8 Å². The van der Waals surface area contributed by atoms with E-state index in [2.05, 4.69) is 43.1 Å². The maximum absolute atomic E-state index is 13.8. The van der Waals surface area contributed by atoms with Crippen LogP contribution in [0.25, 0.3) is 0 Å². The van der Waals surface area contributed by atoms with E-state index < -0.39 is 23.0 Å². The number of hydrogen-bond donors (Lipinski definition) is 1. The molecule has 1 heterocycles. The number of Topliss-reactive ketones (excluding diaryl/α,β-unsaturated/α-hetero) is 1. The van der Waals surface area contributed by atoms with Gasteiger partial charge in [0.25, 0.3) is 0 Å². The molecule has 10 heteroatoms. The number of likely N-dealkylation sites (tertiary alicyclic amines) is 1. The number of rotatable bonds is 7. The van der Waals surface area contributed by atoms with Gasteiger partial charge in [-0.1, -0.05) is 39.8 Å². The second-order valence-corrected chi connectivity index (χ2v) is 13.9.